The van der Waals surface area contributed by atoms with Crippen molar-refractivity contribution in [1.82, 2.24) is 9.97 Å². The summed E-state index contributed by atoms with van der Waals surface area (Å²) in [6, 6.07) is 20.5. The summed E-state index contributed by atoms with van der Waals surface area (Å²) in [7, 11) is 3.09. The maximum Gasteiger partial charge on any atom is 0.255 e. The molecular formula is C22H19N3O3. The summed E-state index contributed by atoms with van der Waals surface area (Å²) in [6.07, 6.45) is 0. The van der Waals surface area contributed by atoms with Gasteiger partial charge in [-0.3, -0.25) is 4.79 Å². The minimum atomic E-state index is -0.225. The molecule has 0 spiro atoms. The van der Waals surface area contributed by atoms with Crippen molar-refractivity contribution in [3.8, 4) is 22.9 Å². The maximum absolute atomic E-state index is 12.5. The third-order valence-corrected chi connectivity index (χ3v) is 4.45. The summed E-state index contributed by atoms with van der Waals surface area (Å²) in [5, 5.41) is 2.89. The van der Waals surface area contributed by atoms with E-state index in [1.807, 2.05) is 48.5 Å². The predicted octanol–water partition coefficient (Wildman–Crippen LogP) is 4.50. The molecule has 0 saturated heterocycles. The zero-order valence-corrected chi connectivity index (χ0v) is 15.5. The van der Waals surface area contributed by atoms with E-state index in [1.54, 1.807) is 25.3 Å². The van der Waals surface area contributed by atoms with E-state index < -0.39 is 0 Å². The first-order valence-electron chi connectivity index (χ1n) is 8.76. The van der Waals surface area contributed by atoms with Crippen LogP contribution in [0.4, 0.5) is 5.69 Å². The Labute approximate surface area is 162 Å². The van der Waals surface area contributed by atoms with E-state index in [0.717, 1.165) is 22.4 Å². The standard InChI is InChI=1S/C22H19N3O3/c1-27-19-12-9-15(13-20(19)28-2)22(26)23-16-10-7-14(8-11-16)21-24-17-5-3-4-6-18(17)25-21/h3-13H,1-2H3,(H,23,26)(H,24,25). The number of aromatic nitrogens is 2. The molecule has 4 rings (SSSR count). The molecule has 2 N–H and O–H groups in total. The maximum atomic E-state index is 12.5. The van der Waals surface area contributed by atoms with Crippen LogP contribution in [0.3, 0.4) is 0 Å². The van der Waals surface area contributed by atoms with Crippen molar-refractivity contribution in [3.63, 3.8) is 0 Å². The average molecular weight is 373 g/mol. The number of imidazole rings is 1. The van der Waals surface area contributed by atoms with Gasteiger partial charge in [-0.15, -0.1) is 0 Å². The van der Waals surface area contributed by atoms with E-state index in [1.165, 1.54) is 7.11 Å². The summed E-state index contributed by atoms with van der Waals surface area (Å²) >= 11 is 0. The fraction of sp³-hybridized carbons (Fsp3) is 0.0909. The zero-order valence-electron chi connectivity index (χ0n) is 15.5. The second kappa shape index (κ2) is 7.44. The van der Waals surface area contributed by atoms with Crippen LogP contribution in [-0.4, -0.2) is 30.1 Å². The Kier molecular flexibility index (Phi) is 4.68. The molecule has 140 valence electrons. The summed E-state index contributed by atoms with van der Waals surface area (Å²) in [6.45, 7) is 0. The smallest absolute Gasteiger partial charge is 0.255 e. The van der Waals surface area contributed by atoms with Crippen LogP contribution in [0.15, 0.2) is 66.7 Å². The highest BCUT2D eigenvalue weighted by Gasteiger charge is 2.11. The first kappa shape index (κ1) is 17.6. The number of nitrogens with zero attached hydrogens (tertiary/aromatic N) is 1. The molecule has 1 aromatic heterocycles. The van der Waals surface area contributed by atoms with Gasteiger partial charge in [0, 0.05) is 16.8 Å². The lowest BCUT2D eigenvalue weighted by Gasteiger charge is -2.10. The van der Waals surface area contributed by atoms with Gasteiger partial charge < -0.3 is 19.8 Å². The van der Waals surface area contributed by atoms with Crippen LogP contribution in [0.1, 0.15) is 10.4 Å². The molecule has 0 radical (unpaired) electrons. The Morgan fingerprint density at radius 1 is 0.929 bits per heavy atom. The van der Waals surface area contributed by atoms with Crippen molar-refractivity contribution in [3.05, 3.63) is 72.3 Å². The van der Waals surface area contributed by atoms with Gasteiger partial charge in [0.2, 0.25) is 0 Å². The number of fused-ring (bicyclic) bond motifs is 1. The normalized spacial score (nSPS) is 10.6. The molecule has 0 fully saturated rings. The fourth-order valence-electron chi connectivity index (χ4n) is 2.98. The van der Waals surface area contributed by atoms with E-state index >= 15 is 0 Å². The van der Waals surface area contributed by atoms with E-state index in [4.69, 9.17) is 9.47 Å². The molecule has 0 atom stereocenters. The lowest BCUT2D eigenvalue weighted by molar-refractivity contribution is 0.102. The highest BCUT2D eigenvalue weighted by molar-refractivity contribution is 6.04. The molecule has 0 saturated carbocycles. The number of H-pyrrole nitrogens is 1. The number of amides is 1. The molecule has 0 aliphatic carbocycles. The monoisotopic (exact) mass is 373 g/mol. The number of hydrogen-bond donors (Lipinski definition) is 2. The number of methoxy groups -OCH3 is 2. The van der Waals surface area contributed by atoms with E-state index in [2.05, 4.69) is 15.3 Å². The molecule has 3 aromatic carbocycles. The van der Waals surface area contributed by atoms with Crippen molar-refractivity contribution >= 4 is 22.6 Å². The van der Waals surface area contributed by atoms with Crippen molar-refractivity contribution in [2.24, 2.45) is 0 Å². The lowest BCUT2D eigenvalue weighted by atomic mass is 10.1. The fourth-order valence-corrected chi connectivity index (χ4v) is 2.98. The number of anilines is 1. The van der Waals surface area contributed by atoms with Crippen LogP contribution in [-0.2, 0) is 0 Å². The third kappa shape index (κ3) is 3.40. The highest BCUT2D eigenvalue weighted by atomic mass is 16.5. The second-order valence-corrected chi connectivity index (χ2v) is 6.20. The molecule has 0 aliphatic rings. The lowest BCUT2D eigenvalue weighted by Crippen LogP contribution is -2.12. The molecule has 6 nitrogen and oxygen atoms in total. The number of nitrogens with one attached hydrogen (secondary N) is 2. The number of rotatable bonds is 5. The Morgan fingerprint density at radius 2 is 1.68 bits per heavy atom. The van der Waals surface area contributed by atoms with Crippen LogP contribution in [0, 0.1) is 0 Å². The number of benzene rings is 3. The molecule has 1 heterocycles. The Morgan fingerprint density at radius 3 is 2.39 bits per heavy atom. The summed E-state index contributed by atoms with van der Waals surface area (Å²) < 4.78 is 10.5. The van der Waals surface area contributed by atoms with Gasteiger partial charge in [0.25, 0.3) is 5.91 Å². The van der Waals surface area contributed by atoms with Crippen molar-refractivity contribution in [2.75, 3.05) is 19.5 Å². The molecular weight excluding hydrogens is 354 g/mol. The molecule has 0 bridgehead atoms. The number of carbonyl (C=O) groups excluding carboxylic acids is 1. The largest absolute Gasteiger partial charge is 0.493 e. The van der Waals surface area contributed by atoms with Gasteiger partial charge in [0.05, 0.1) is 25.3 Å². The van der Waals surface area contributed by atoms with Gasteiger partial charge in [0.15, 0.2) is 11.5 Å². The van der Waals surface area contributed by atoms with Gasteiger partial charge in [-0.1, -0.05) is 12.1 Å². The van der Waals surface area contributed by atoms with Gasteiger partial charge in [-0.2, -0.15) is 0 Å². The predicted molar refractivity (Wildman–Crippen MR) is 109 cm³/mol. The number of aromatic amines is 1. The van der Waals surface area contributed by atoms with Gasteiger partial charge >= 0.3 is 0 Å². The van der Waals surface area contributed by atoms with E-state index in [0.29, 0.717) is 22.7 Å². The van der Waals surface area contributed by atoms with Crippen LogP contribution in [0.25, 0.3) is 22.4 Å². The van der Waals surface area contributed by atoms with Crippen LogP contribution < -0.4 is 14.8 Å². The first-order valence-corrected chi connectivity index (χ1v) is 8.76. The Hall–Kier alpha value is -3.80. The Bertz CT molecular complexity index is 1100. The molecule has 4 aromatic rings. The highest BCUT2D eigenvalue weighted by Crippen LogP contribution is 2.28. The van der Waals surface area contributed by atoms with Crippen LogP contribution in [0.5, 0.6) is 11.5 Å². The average Bonchev–Trinajstić information content (AvgIpc) is 3.18. The molecule has 0 aliphatic heterocycles. The molecule has 0 unspecified atom stereocenters. The minimum Gasteiger partial charge on any atom is -0.493 e. The SMILES string of the molecule is COc1ccc(C(=O)Nc2ccc(-c3nc4ccccc4[nH]3)cc2)cc1OC. The van der Waals surface area contributed by atoms with Crippen molar-refractivity contribution in [1.29, 1.82) is 0 Å². The summed E-state index contributed by atoms with van der Waals surface area (Å²) in [4.78, 5) is 20.4. The molecule has 28 heavy (non-hydrogen) atoms. The number of hydrogen-bond acceptors (Lipinski definition) is 4. The topological polar surface area (TPSA) is 76.2 Å². The first-order chi connectivity index (χ1) is 13.7. The summed E-state index contributed by atoms with van der Waals surface area (Å²) in [5.41, 5.74) is 4.03. The number of para-hydroxylation sites is 2. The molecule has 6 heteroatoms. The Balaban J connectivity index is 1.52. The van der Waals surface area contributed by atoms with E-state index in [-0.39, 0.29) is 5.91 Å². The van der Waals surface area contributed by atoms with Gasteiger partial charge in [-0.25, -0.2) is 4.98 Å². The molecule has 1 amide bonds. The third-order valence-electron chi connectivity index (χ3n) is 4.45. The zero-order chi connectivity index (χ0) is 19.5. The van der Waals surface area contributed by atoms with Crippen LogP contribution in [0.2, 0.25) is 0 Å². The van der Waals surface area contributed by atoms with Crippen LogP contribution >= 0.6 is 0 Å². The van der Waals surface area contributed by atoms with Crippen molar-refractivity contribution in [2.45, 2.75) is 0 Å². The number of carbonyl (C=O) groups is 1. The van der Waals surface area contributed by atoms with Gasteiger partial charge in [0.1, 0.15) is 5.82 Å². The quantitative estimate of drug-likeness (QED) is 0.540. The summed E-state index contributed by atoms with van der Waals surface area (Å²) in [5.74, 6) is 1.65. The minimum absolute atomic E-state index is 0.225. The van der Waals surface area contributed by atoms with Gasteiger partial charge in [-0.05, 0) is 54.6 Å². The van der Waals surface area contributed by atoms with Crippen molar-refractivity contribution < 1.29 is 14.3 Å². The second-order valence-electron chi connectivity index (χ2n) is 6.20. The number of ether oxygens (including phenoxy) is 2. The van der Waals surface area contributed by atoms with E-state index in [9.17, 15) is 4.79 Å².